The summed E-state index contributed by atoms with van der Waals surface area (Å²) in [5, 5.41) is 0. The molecule has 1 heterocycles. The molecule has 0 aliphatic rings. The fourth-order valence-corrected chi connectivity index (χ4v) is 1.20. The quantitative estimate of drug-likeness (QED) is 0.700. The molecule has 0 amide bonds. The van der Waals surface area contributed by atoms with Gasteiger partial charge < -0.3 is 4.74 Å². The number of Topliss-reactive ketones (excluding diaryl/α,β-unsaturated/α-hetero) is 1. The van der Waals surface area contributed by atoms with Crippen molar-refractivity contribution >= 4 is 5.78 Å². The van der Waals surface area contributed by atoms with Gasteiger partial charge >= 0.3 is 0 Å². The van der Waals surface area contributed by atoms with Crippen LogP contribution >= 0.6 is 0 Å². The Kier molecular flexibility index (Phi) is 4.37. The summed E-state index contributed by atoms with van der Waals surface area (Å²) in [6.45, 7) is 2.35. The lowest BCUT2D eigenvalue weighted by Gasteiger charge is -2.08. The third-order valence-corrected chi connectivity index (χ3v) is 2.18. The molecule has 0 aromatic carbocycles. The lowest BCUT2D eigenvalue weighted by Crippen LogP contribution is -2.14. The molecular formula is C11H14FNO2. The van der Waals surface area contributed by atoms with Gasteiger partial charge in [0.15, 0.2) is 5.78 Å². The highest BCUT2D eigenvalue weighted by molar-refractivity contribution is 5.95. The summed E-state index contributed by atoms with van der Waals surface area (Å²) in [6, 6.07) is 2.64. The summed E-state index contributed by atoms with van der Waals surface area (Å²) >= 11 is 0. The number of aromatic nitrogens is 1. The van der Waals surface area contributed by atoms with Crippen LogP contribution in [0.15, 0.2) is 18.3 Å². The van der Waals surface area contributed by atoms with Crippen LogP contribution in [0.2, 0.25) is 0 Å². The van der Waals surface area contributed by atoms with E-state index >= 15 is 0 Å². The van der Waals surface area contributed by atoms with E-state index in [-0.39, 0.29) is 11.7 Å². The molecule has 0 aliphatic heterocycles. The van der Waals surface area contributed by atoms with Gasteiger partial charge in [0.1, 0.15) is 11.5 Å². The van der Waals surface area contributed by atoms with Crippen LogP contribution in [0.5, 0.6) is 0 Å². The molecule has 1 aromatic heterocycles. The molecule has 0 N–H and O–H groups in total. The van der Waals surface area contributed by atoms with E-state index in [1.165, 1.54) is 12.1 Å². The second-order valence-corrected chi connectivity index (χ2v) is 3.41. The molecule has 4 heteroatoms. The average molecular weight is 211 g/mol. The molecule has 0 radical (unpaired) electrons. The zero-order valence-electron chi connectivity index (χ0n) is 8.87. The SMILES string of the molecule is COCCC(C)C(=O)c1ccc(F)cn1. The van der Waals surface area contributed by atoms with E-state index in [9.17, 15) is 9.18 Å². The smallest absolute Gasteiger partial charge is 0.184 e. The van der Waals surface area contributed by atoms with Crippen LogP contribution < -0.4 is 0 Å². The van der Waals surface area contributed by atoms with Crippen LogP contribution in [0.1, 0.15) is 23.8 Å². The van der Waals surface area contributed by atoms with Crippen LogP contribution in [0.4, 0.5) is 4.39 Å². The average Bonchev–Trinajstić information content (AvgIpc) is 2.26. The molecule has 1 rings (SSSR count). The maximum Gasteiger partial charge on any atom is 0.184 e. The Balaban J connectivity index is 2.63. The molecule has 1 aromatic rings. The fourth-order valence-electron chi connectivity index (χ4n) is 1.20. The summed E-state index contributed by atoms with van der Waals surface area (Å²) in [6.07, 6.45) is 1.70. The van der Waals surface area contributed by atoms with Crippen molar-refractivity contribution in [2.24, 2.45) is 5.92 Å². The zero-order chi connectivity index (χ0) is 11.3. The van der Waals surface area contributed by atoms with Gasteiger partial charge in [-0.2, -0.15) is 0 Å². The normalized spacial score (nSPS) is 12.5. The van der Waals surface area contributed by atoms with Crippen molar-refractivity contribution in [3.63, 3.8) is 0 Å². The highest BCUT2D eigenvalue weighted by Gasteiger charge is 2.15. The summed E-state index contributed by atoms with van der Waals surface area (Å²) in [5.74, 6) is -0.661. The zero-order valence-corrected chi connectivity index (χ0v) is 8.87. The fraction of sp³-hybridized carbons (Fsp3) is 0.455. The molecule has 82 valence electrons. The number of hydrogen-bond acceptors (Lipinski definition) is 3. The van der Waals surface area contributed by atoms with Crippen LogP contribution in [-0.4, -0.2) is 24.5 Å². The number of carbonyl (C=O) groups excluding carboxylic acids is 1. The van der Waals surface area contributed by atoms with Crippen LogP contribution in [0.3, 0.4) is 0 Å². The second-order valence-electron chi connectivity index (χ2n) is 3.41. The highest BCUT2D eigenvalue weighted by atomic mass is 19.1. The van der Waals surface area contributed by atoms with E-state index in [1.54, 1.807) is 7.11 Å². The minimum atomic E-state index is -0.434. The molecular weight excluding hydrogens is 197 g/mol. The predicted octanol–water partition coefficient (Wildman–Crippen LogP) is 2.08. The van der Waals surface area contributed by atoms with Gasteiger partial charge in [-0.3, -0.25) is 9.78 Å². The predicted molar refractivity (Wildman–Crippen MR) is 54.2 cm³/mol. The maximum absolute atomic E-state index is 12.6. The number of nitrogens with zero attached hydrogens (tertiary/aromatic N) is 1. The number of carbonyl (C=O) groups is 1. The number of pyridine rings is 1. The Morgan fingerprint density at radius 2 is 2.33 bits per heavy atom. The summed E-state index contributed by atoms with van der Waals surface area (Å²) in [4.78, 5) is 15.5. The van der Waals surface area contributed by atoms with Crippen LogP contribution in [0.25, 0.3) is 0 Å². The summed E-state index contributed by atoms with van der Waals surface area (Å²) < 4.78 is 17.4. The van der Waals surface area contributed by atoms with E-state index in [2.05, 4.69) is 4.98 Å². The van der Waals surface area contributed by atoms with Crippen molar-refractivity contribution in [1.82, 2.24) is 4.98 Å². The molecule has 1 unspecified atom stereocenters. The minimum absolute atomic E-state index is 0.0768. The van der Waals surface area contributed by atoms with Crippen molar-refractivity contribution in [2.45, 2.75) is 13.3 Å². The van der Waals surface area contributed by atoms with E-state index in [0.29, 0.717) is 18.7 Å². The van der Waals surface area contributed by atoms with Gasteiger partial charge in [0.2, 0.25) is 0 Å². The Hall–Kier alpha value is -1.29. The molecule has 0 saturated heterocycles. The standard InChI is InChI=1S/C11H14FNO2/c1-8(5-6-15-2)11(14)10-4-3-9(12)7-13-10/h3-4,7-8H,5-6H2,1-2H3. The number of ether oxygens (including phenoxy) is 1. The molecule has 0 aliphatic carbocycles. The lowest BCUT2D eigenvalue weighted by atomic mass is 10.0. The van der Waals surface area contributed by atoms with Crippen LogP contribution in [0, 0.1) is 11.7 Å². The Morgan fingerprint density at radius 3 is 2.87 bits per heavy atom. The van der Waals surface area contributed by atoms with Gasteiger partial charge in [-0.05, 0) is 18.6 Å². The molecule has 0 saturated carbocycles. The van der Waals surface area contributed by atoms with Gasteiger partial charge in [-0.15, -0.1) is 0 Å². The van der Waals surface area contributed by atoms with Crippen molar-refractivity contribution < 1.29 is 13.9 Å². The number of rotatable bonds is 5. The third kappa shape index (κ3) is 3.40. The topological polar surface area (TPSA) is 39.2 Å². The molecule has 1 atom stereocenters. The largest absolute Gasteiger partial charge is 0.385 e. The number of hydrogen-bond donors (Lipinski definition) is 0. The van der Waals surface area contributed by atoms with Gasteiger partial charge in [0.25, 0.3) is 0 Å². The summed E-state index contributed by atoms with van der Waals surface area (Å²) in [5.41, 5.74) is 0.306. The first-order valence-electron chi connectivity index (χ1n) is 4.80. The first kappa shape index (κ1) is 11.8. The van der Waals surface area contributed by atoms with Gasteiger partial charge in [-0.25, -0.2) is 4.39 Å². The highest BCUT2D eigenvalue weighted by Crippen LogP contribution is 2.10. The Bertz CT molecular complexity index is 324. The first-order chi connectivity index (χ1) is 7.15. The van der Waals surface area contributed by atoms with Crippen molar-refractivity contribution in [3.8, 4) is 0 Å². The van der Waals surface area contributed by atoms with Crippen molar-refractivity contribution in [2.75, 3.05) is 13.7 Å². The first-order valence-corrected chi connectivity index (χ1v) is 4.80. The lowest BCUT2D eigenvalue weighted by molar-refractivity contribution is 0.0888. The van der Waals surface area contributed by atoms with Gasteiger partial charge in [0, 0.05) is 19.6 Å². The van der Waals surface area contributed by atoms with E-state index in [0.717, 1.165) is 6.20 Å². The maximum atomic E-state index is 12.6. The molecule has 3 nitrogen and oxygen atoms in total. The molecule has 0 bridgehead atoms. The van der Waals surface area contributed by atoms with Crippen molar-refractivity contribution in [3.05, 3.63) is 29.8 Å². The molecule has 0 spiro atoms. The van der Waals surface area contributed by atoms with E-state index < -0.39 is 5.82 Å². The Labute approximate surface area is 88.3 Å². The third-order valence-electron chi connectivity index (χ3n) is 2.18. The van der Waals surface area contributed by atoms with Gasteiger partial charge in [0.05, 0.1) is 6.20 Å². The summed E-state index contributed by atoms with van der Waals surface area (Å²) in [7, 11) is 1.59. The van der Waals surface area contributed by atoms with Gasteiger partial charge in [-0.1, -0.05) is 6.92 Å². The van der Waals surface area contributed by atoms with Crippen molar-refractivity contribution in [1.29, 1.82) is 0 Å². The van der Waals surface area contributed by atoms with Crippen LogP contribution in [-0.2, 0) is 4.74 Å². The monoisotopic (exact) mass is 211 g/mol. The number of halogens is 1. The Morgan fingerprint density at radius 1 is 1.60 bits per heavy atom. The number of methoxy groups -OCH3 is 1. The molecule has 15 heavy (non-hydrogen) atoms. The van der Waals surface area contributed by atoms with E-state index in [1.807, 2.05) is 6.92 Å². The van der Waals surface area contributed by atoms with E-state index in [4.69, 9.17) is 4.74 Å². The second kappa shape index (κ2) is 5.56. The number of ketones is 1. The molecule has 0 fully saturated rings. The minimum Gasteiger partial charge on any atom is -0.385 e.